The van der Waals surface area contributed by atoms with Gasteiger partial charge in [-0.15, -0.1) is 0 Å². The van der Waals surface area contributed by atoms with Crippen LogP contribution < -0.4 is 0 Å². The smallest absolute Gasteiger partial charge is 0.261 e. The fourth-order valence-corrected chi connectivity index (χ4v) is 8.07. The van der Waals surface area contributed by atoms with Gasteiger partial charge in [-0.2, -0.15) is 13.2 Å². The van der Waals surface area contributed by atoms with Crippen molar-refractivity contribution in [3.05, 3.63) is 59.2 Å². The number of aromatic nitrogens is 2. The third-order valence-corrected chi connectivity index (χ3v) is 14.5. The van der Waals surface area contributed by atoms with Crippen LogP contribution in [0.3, 0.4) is 0 Å². The number of aryl methyl sites for hydroxylation is 3. The summed E-state index contributed by atoms with van der Waals surface area (Å²) in [5.41, 5.74) is 2.30. The molecule has 0 radical (unpaired) electrons. The van der Waals surface area contributed by atoms with E-state index in [4.69, 9.17) is 0 Å². The molecule has 0 spiro atoms. The van der Waals surface area contributed by atoms with E-state index in [2.05, 4.69) is 29.0 Å². The van der Waals surface area contributed by atoms with E-state index in [1.54, 1.807) is 20.8 Å². The van der Waals surface area contributed by atoms with Crippen molar-refractivity contribution in [3.8, 4) is 0 Å². The molecule has 0 unspecified atom stereocenters. The fraction of sp³-hybridized carbons (Fsp3) is 0.722. The lowest BCUT2D eigenvalue weighted by molar-refractivity contribution is -0.137. The lowest BCUT2D eigenvalue weighted by atomic mass is 9.80. The fourth-order valence-electron chi connectivity index (χ4n) is 5.42. The Balaban J connectivity index is 0.000000327. The highest BCUT2D eigenvalue weighted by Crippen LogP contribution is 2.34. The number of nitrogens with zero attached hydrogens (tertiary/aromatic N) is 2. The number of pyridine rings is 2. The van der Waals surface area contributed by atoms with Crippen LogP contribution in [0.5, 0.6) is 0 Å². The molecule has 0 amide bonds. The number of alkyl halides is 3. The van der Waals surface area contributed by atoms with E-state index in [0.717, 1.165) is 76.0 Å². The van der Waals surface area contributed by atoms with E-state index in [1.165, 1.54) is 23.7 Å². The highest BCUT2D eigenvalue weighted by molar-refractivity contribution is 7.93. The van der Waals surface area contributed by atoms with Gasteiger partial charge in [0.2, 0.25) is 0 Å². The maximum Gasteiger partial charge on any atom is 0.417 e. The molecular weight excluding hydrogens is 646 g/mol. The largest absolute Gasteiger partial charge is 0.417 e. The van der Waals surface area contributed by atoms with Gasteiger partial charge in [-0.3, -0.25) is 9.97 Å². The maximum absolute atomic E-state index is 12.4. The molecule has 268 valence electrons. The van der Waals surface area contributed by atoms with Gasteiger partial charge < -0.3 is 0 Å². The van der Waals surface area contributed by atoms with E-state index in [9.17, 15) is 30.0 Å². The SMILES string of the molecule is CC(C)(C)S(=O)(=O)CCCCCCCc1ccc(C(F)(F)F)cn1.Cc1ccc(CCC2CCC(CS(=O)(=O)C(C)(C)C)CC2)nc1. The second-order valence-corrected chi connectivity index (χ2v) is 20.8. The number of rotatable bonds is 13. The first kappa shape index (κ1) is 41.2. The average molecular weight is 703 g/mol. The van der Waals surface area contributed by atoms with E-state index in [0.29, 0.717) is 30.2 Å². The topological polar surface area (TPSA) is 94.1 Å². The maximum atomic E-state index is 12.4. The molecule has 0 saturated heterocycles. The summed E-state index contributed by atoms with van der Waals surface area (Å²) in [5.74, 6) is 1.65. The average Bonchev–Trinajstić information content (AvgIpc) is 2.96. The molecule has 0 aromatic carbocycles. The summed E-state index contributed by atoms with van der Waals surface area (Å²) in [7, 11) is -6.04. The molecule has 3 rings (SSSR count). The Labute approximate surface area is 282 Å². The van der Waals surface area contributed by atoms with Gasteiger partial charge in [0, 0.05) is 23.8 Å². The zero-order valence-electron chi connectivity index (χ0n) is 29.5. The molecule has 0 atom stereocenters. The van der Waals surface area contributed by atoms with E-state index < -0.39 is 40.9 Å². The zero-order chi connectivity index (χ0) is 35.5. The zero-order valence-corrected chi connectivity index (χ0v) is 31.1. The van der Waals surface area contributed by atoms with Crippen LogP contribution in [0.25, 0.3) is 0 Å². The Bertz CT molecular complexity index is 1420. The summed E-state index contributed by atoms with van der Waals surface area (Å²) in [6.45, 7) is 12.6. The molecule has 0 aliphatic heterocycles. The molecule has 1 aliphatic carbocycles. The quantitative estimate of drug-likeness (QED) is 0.193. The highest BCUT2D eigenvalue weighted by Gasteiger charge is 2.33. The third kappa shape index (κ3) is 14.6. The lowest BCUT2D eigenvalue weighted by Crippen LogP contribution is -2.34. The van der Waals surface area contributed by atoms with Crippen molar-refractivity contribution in [1.29, 1.82) is 0 Å². The van der Waals surface area contributed by atoms with Gasteiger partial charge in [0.15, 0.2) is 19.7 Å². The summed E-state index contributed by atoms with van der Waals surface area (Å²) >= 11 is 0. The Morgan fingerprint density at radius 3 is 1.68 bits per heavy atom. The van der Waals surface area contributed by atoms with Crippen LogP contribution >= 0.6 is 0 Å². The molecule has 2 aromatic rings. The van der Waals surface area contributed by atoms with Gasteiger partial charge in [-0.05, 0) is 129 Å². The minimum Gasteiger partial charge on any atom is -0.261 e. The van der Waals surface area contributed by atoms with Crippen molar-refractivity contribution in [2.45, 2.75) is 141 Å². The number of hydrogen-bond donors (Lipinski definition) is 0. The van der Waals surface area contributed by atoms with Crippen molar-refractivity contribution in [2.24, 2.45) is 11.8 Å². The van der Waals surface area contributed by atoms with Crippen LogP contribution in [-0.4, -0.2) is 47.8 Å². The van der Waals surface area contributed by atoms with Crippen LogP contribution in [0.4, 0.5) is 13.2 Å². The Morgan fingerprint density at radius 1 is 0.660 bits per heavy atom. The summed E-state index contributed by atoms with van der Waals surface area (Å²) in [6, 6.07) is 6.71. The first-order valence-electron chi connectivity index (χ1n) is 17.0. The van der Waals surface area contributed by atoms with Gasteiger partial charge in [0.1, 0.15) is 0 Å². The van der Waals surface area contributed by atoms with Crippen molar-refractivity contribution < 1.29 is 30.0 Å². The monoisotopic (exact) mass is 702 g/mol. The molecule has 6 nitrogen and oxygen atoms in total. The molecule has 1 saturated carbocycles. The van der Waals surface area contributed by atoms with Crippen molar-refractivity contribution >= 4 is 19.7 Å². The molecular formula is C36H57F3N2O4S2. The number of unbranched alkanes of at least 4 members (excludes halogenated alkanes) is 4. The Morgan fingerprint density at radius 2 is 1.17 bits per heavy atom. The minimum atomic E-state index is -4.35. The van der Waals surface area contributed by atoms with Gasteiger partial charge in [-0.25, -0.2) is 16.8 Å². The predicted octanol–water partition coefficient (Wildman–Crippen LogP) is 9.15. The number of halogens is 3. The molecule has 2 heterocycles. The minimum absolute atomic E-state index is 0.205. The van der Waals surface area contributed by atoms with Gasteiger partial charge >= 0.3 is 6.18 Å². The number of hydrogen-bond acceptors (Lipinski definition) is 6. The summed E-state index contributed by atoms with van der Waals surface area (Å²) < 4.78 is 84.5. The number of sulfone groups is 2. The lowest BCUT2D eigenvalue weighted by Gasteiger charge is -2.30. The van der Waals surface area contributed by atoms with Crippen LogP contribution in [-0.2, 0) is 38.7 Å². The standard InChI is InChI=1S/C19H31NO2S.C17H26F3NO2S/c1-15-5-11-18(20-13-15)12-10-16-6-8-17(9-7-16)14-23(21,22)19(2,3)4;1-16(2,3)24(22,23)12-8-6-4-5-7-9-15-11-10-14(13-21-15)17(18,19)20/h5,11,13,16-17H,6-10,12,14H2,1-4H3;10-11,13H,4-9,12H2,1-3H3. The van der Waals surface area contributed by atoms with Gasteiger partial charge in [0.25, 0.3) is 0 Å². The van der Waals surface area contributed by atoms with Crippen LogP contribution in [0.2, 0.25) is 0 Å². The molecule has 1 aliphatic rings. The van der Waals surface area contributed by atoms with Crippen molar-refractivity contribution in [1.82, 2.24) is 9.97 Å². The Kier molecular flexibility index (Phi) is 15.4. The third-order valence-electron chi connectivity index (χ3n) is 9.07. The molecule has 2 aromatic heterocycles. The highest BCUT2D eigenvalue weighted by atomic mass is 32.2. The second kappa shape index (κ2) is 17.6. The summed E-state index contributed by atoms with van der Waals surface area (Å²) in [4.78, 5) is 8.31. The molecule has 0 bridgehead atoms. The first-order chi connectivity index (χ1) is 21.6. The molecule has 47 heavy (non-hydrogen) atoms. The van der Waals surface area contributed by atoms with Crippen molar-refractivity contribution in [2.75, 3.05) is 11.5 Å². The van der Waals surface area contributed by atoms with Crippen LogP contribution in [0.1, 0.15) is 128 Å². The summed E-state index contributed by atoms with van der Waals surface area (Å²) in [6.07, 6.45) is 9.91. The van der Waals surface area contributed by atoms with Gasteiger partial charge in [0.05, 0.1) is 26.6 Å². The van der Waals surface area contributed by atoms with E-state index in [1.807, 2.05) is 27.0 Å². The van der Waals surface area contributed by atoms with Crippen molar-refractivity contribution in [3.63, 3.8) is 0 Å². The molecule has 0 N–H and O–H groups in total. The van der Waals surface area contributed by atoms with E-state index >= 15 is 0 Å². The second-order valence-electron chi connectivity index (χ2n) is 15.1. The van der Waals surface area contributed by atoms with Crippen LogP contribution in [0, 0.1) is 18.8 Å². The predicted molar refractivity (Wildman–Crippen MR) is 186 cm³/mol. The normalized spacial score (nSPS) is 18.0. The molecule has 1 fully saturated rings. The van der Waals surface area contributed by atoms with E-state index in [-0.39, 0.29) is 5.75 Å². The first-order valence-corrected chi connectivity index (χ1v) is 20.3. The van der Waals surface area contributed by atoms with Crippen LogP contribution in [0.15, 0.2) is 36.7 Å². The molecule has 11 heteroatoms. The Hall–Kier alpha value is -2.01. The van der Waals surface area contributed by atoms with Gasteiger partial charge in [-0.1, -0.05) is 38.2 Å². The summed E-state index contributed by atoms with van der Waals surface area (Å²) in [5, 5.41) is 0.